The molecule has 0 aliphatic heterocycles. The van der Waals surface area contributed by atoms with Gasteiger partial charge < -0.3 is 4.74 Å². The van der Waals surface area contributed by atoms with Crippen molar-refractivity contribution in [3.63, 3.8) is 0 Å². The Kier molecular flexibility index (Phi) is 5.34. The minimum Gasteiger partial charge on any atom is -0.490 e. The highest BCUT2D eigenvalue weighted by Crippen LogP contribution is 2.13. The average molecular weight is 266 g/mol. The largest absolute Gasteiger partial charge is 0.490 e. The molecule has 1 nitrogen and oxygen atoms in total. The van der Waals surface area contributed by atoms with E-state index in [0.717, 1.165) is 5.75 Å². The number of thioether (sulfide) groups is 1. The average Bonchev–Trinajstić information content (AvgIpc) is 2.28. The fourth-order valence-electron chi connectivity index (χ4n) is 1.39. The summed E-state index contributed by atoms with van der Waals surface area (Å²) in [6.07, 6.45) is 4.20. The lowest BCUT2D eigenvalue weighted by atomic mass is 10.3. The minimum absolute atomic E-state index is 0.655. The fourth-order valence-corrected chi connectivity index (χ4v) is 2.80. The van der Waals surface area contributed by atoms with Crippen molar-refractivity contribution < 1.29 is 4.74 Å². The number of ether oxygens (including phenoxy) is 1. The predicted octanol–water partition coefficient (Wildman–Crippen LogP) is 3.88. The second kappa shape index (κ2) is 6.31. The minimum atomic E-state index is -1.23. The van der Waals surface area contributed by atoms with Crippen LogP contribution in [0.3, 0.4) is 0 Å². The van der Waals surface area contributed by atoms with Crippen LogP contribution in [-0.2, 0) is 0 Å². The molecule has 0 heterocycles. The highest BCUT2D eigenvalue weighted by molar-refractivity contribution is 8.02. The monoisotopic (exact) mass is 266 g/mol. The van der Waals surface area contributed by atoms with E-state index in [1.165, 1.54) is 10.1 Å². The van der Waals surface area contributed by atoms with Crippen LogP contribution in [0.2, 0.25) is 19.6 Å². The molecule has 0 aromatic heterocycles. The van der Waals surface area contributed by atoms with Crippen molar-refractivity contribution in [1.29, 1.82) is 0 Å². The van der Waals surface area contributed by atoms with E-state index >= 15 is 0 Å². The molecule has 0 N–H and O–H groups in total. The van der Waals surface area contributed by atoms with Gasteiger partial charge in [0.05, 0.1) is 8.07 Å². The smallest absolute Gasteiger partial charge is 0.119 e. The van der Waals surface area contributed by atoms with E-state index < -0.39 is 8.07 Å². The molecule has 1 rings (SSSR count). The third kappa shape index (κ3) is 5.00. The first kappa shape index (κ1) is 14.4. The van der Waals surface area contributed by atoms with Crippen molar-refractivity contribution in [3.8, 4) is 5.75 Å². The maximum Gasteiger partial charge on any atom is 0.119 e. The molecule has 3 heteroatoms. The van der Waals surface area contributed by atoms with Crippen molar-refractivity contribution >= 4 is 25.0 Å². The second-order valence-corrected chi connectivity index (χ2v) is 11.2. The van der Waals surface area contributed by atoms with E-state index in [4.69, 9.17) is 4.74 Å². The molecule has 0 saturated heterocycles. The van der Waals surface area contributed by atoms with Crippen molar-refractivity contribution in [2.75, 3.05) is 12.9 Å². The van der Waals surface area contributed by atoms with Crippen LogP contribution in [0.15, 0.2) is 35.2 Å². The summed E-state index contributed by atoms with van der Waals surface area (Å²) < 4.78 is 5.75. The molecule has 0 saturated carbocycles. The van der Waals surface area contributed by atoms with Crippen LogP contribution >= 0.6 is 11.8 Å². The Morgan fingerprint density at radius 3 is 2.65 bits per heavy atom. The lowest BCUT2D eigenvalue weighted by Crippen LogP contribution is -2.37. The van der Waals surface area contributed by atoms with Crippen molar-refractivity contribution in [2.45, 2.75) is 26.6 Å². The number of rotatable bonds is 5. The van der Waals surface area contributed by atoms with Crippen LogP contribution in [0.4, 0.5) is 0 Å². The topological polar surface area (TPSA) is 9.23 Å². The van der Waals surface area contributed by atoms with E-state index in [1.54, 1.807) is 11.8 Å². The molecule has 0 aliphatic carbocycles. The Labute approximate surface area is 110 Å². The third-order valence-corrected chi connectivity index (χ3v) is 5.50. The highest BCUT2D eigenvalue weighted by atomic mass is 32.2. The number of hydrogen-bond donors (Lipinski definition) is 0. The van der Waals surface area contributed by atoms with Crippen LogP contribution in [0.25, 0.3) is 0 Å². The van der Waals surface area contributed by atoms with E-state index in [1.807, 2.05) is 6.07 Å². The molecular weight excluding hydrogens is 244 g/mol. The quantitative estimate of drug-likeness (QED) is 0.748. The van der Waals surface area contributed by atoms with E-state index in [2.05, 4.69) is 57.1 Å². The van der Waals surface area contributed by atoms with Gasteiger partial charge in [0.15, 0.2) is 0 Å². The summed E-state index contributed by atoms with van der Waals surface area (Å²) in [5, 5.41) is 1.44. The zero-order valence-electron chi connectivity index (χ0n) is 11.4. The molecule has 0 amide bonds. The van der Waals surface area contributed by atoms with Crippen LogP contribution in [0, 0.1) is 0 Å². The van der Waals surface area contributed by atoms with Gasteiger partial charge in [0, 0.05) is 0 Å². The molecule has 0 atom stereocenters. The lowest BCUT2D eigenvalue weighted by molar-refractivity contribution is 0.363. The Bertz CT molecular complexity index is 393. The van der Waals surface area contributed by atoms with Gasteiger partial charge in [-0.2, -0.15) is 0 Å². The summed E-state index contributed by atoms with van der Waals surface area (Å²) in [6.45, 7) is 9.81. The Morgan fingerprint density at radius 1 is 1.35 bits per heavy atom. The molecule has 17 heavy (non-hydrogen) atoms. The molecule has 0 bridgehead atoms. The molecule has 0 fully saturated rings. The van der Waals surface area contributed by atoms with Crippen LogP contribution < -0.4 is 9.92 Å². The van der Waals surface area contributed by atoms with E-state index in [0.29, 0.717) is 6.61 Å². The lowest BCUT2D eigenvalue weighted by Gasteiger charge is -2.17. The first-order valence-corrected chi connectivity index (χ1v) is 10.6. The number of hydrogen-bond acceptors (Lipinski definition) is 2. The van der Waals surface area contributed by atoms with E-state index in [-0.39, 0.29) is 0 Å². The molecule has 1 aromatic rings. The maximum atomic E-state index is 5.75. The number of benzene rings is 1. The van der Waals surface area contributed by atoms with Gasteiger partial charge in [-0.15, -0.1) is 11.8 Å². The van der Waals surface area contributed by atoms with Gasteiger partial charge in [-0.1, -0.05) is 37.0 Å². The molecule has 1 aromatic carbocycles. The Balaban J connectivity index is 2.67. The molecule has 0 aliphatic rings. The summed E-state index contributed by atoms with van der Waals surface area (Å²) in [7, 11) is -1.23. The SMILES string of the molecule is CSC(C)=CCOc1cccc([Si](C)(C)C)c1. The molecule has 94 valence electrons. The van der Waals surface area contributed by atoms with Gasteiger partial charge >= 0.3 is 0 Å². The first-order chi connectivity index (χ1) is 7.93. The fraction of sp³-hybridized carbons (Fsp3) is 0.429. The molecular formula is C14H22OSSi. The van der Waals surface area contributed by atoms with Crippen LogP contribution in [-0.4, -0.2) is 20.9 Å². The second-order valence-electron chi connectivity index (χ2n) is 5.11. The van der Waals surface area contributed by atoms with Gasteiger partial charge in [-0.05, 0) is 36.3 Å². The summed E-state index contributed by atoms with van der Waals surface area (Å²) in [6, 6.07) is 8.52. The zero-order chi connectivity index (χ0) is 12.9. The summed E-state index contributed by atoms with van der Waals surface area (Å²) in [4.78, 5) is 1.30. The standard InChI is InChI=1S/C14H22OSSi/c1-12(16-2)9-10-15-13-7-6-8-14(11-13)17(3,4)5/h6-9,11H,10H2,1-5H3. The molecule has 0 spiro atoms. The zero-order valence-corrected chi connectivity index (χ0v) is 13.2. The predicted molar refractivity (Wildman–Crippen MR) is 82.2 cm³/mol. The Morgan fingerprint density at radius 2 is 2.06 bits per heavy atom. The normalized spacial score (nSPS) is 12.6. The summed E-state index contributed by atoms with van der Waals surface area (Å²) in [5.74, 6) is 0.982. The van der Waals surface area contributed by atoms with Crippen LogP contribution in [0.1, 0.15) is 6.92 Å². The summed E-state index contributed by atoms with van der Waals surface area (Å²) >= 11 is 1.76. The molecule has 0 radical (unpaired) electrons. The first-order valence-electron chi connectivity index (χ1n) is 5.87. The van der Waals surface area contributed by atoms with E-state index in [9.17, 15) is 0 Å². The van der Waals surface area contributed by atoms with Gasteiger partial charge in [-0.3, -0.25) is 0 Å². The van der Waals surface area contributed by atoms with Gasteiger partial charge in [0.2, 0.25) is 0 Å². The Hall–Kier alpha value is -0.673. The van der Waals surface area contributed by atoms with Crippen molar-refractivity contribution in [3.05, 3.63) is 35.2 Å². The maximum absolute atomic E-state index is 5.75. The van der Waals surface area contributed by atoms with Gasteiger partial charge in [0.25, 0.3) is 0 Å². The highest BCUT2D eigenvalue weighted by Gasteiger charge is 2.16. The van der Waals surface area contributed by atoms with Gasteiger partial charge in [0.1, 0.15) is 12.4 Å². The summed E-state index contributed by atoms with van der Waals surface area (Å²) in [5.41, 5.74) is 0. The van der Waals surface area contributed by atoms with Crippen molar-refractivity contribution in [1.82, 2.24) is 0 Å². The van der Waals surface area contributed by atoms with Crippen molar-refractivity contribution in [2.24, 2.45) is 0 Å². The van der Waals surface area contributed by atoms with Crippen LogP contribution in [0.5, 0.6) is 5.75 Å². The molecule has 0 unspecified atom stereocenters. The van der Waals surface area contributed by atoms with Gasteiger partial charge in [-0.25, -0.2) is 0 Å². The number of allylic oxidation sites excluding steroid dienone is 1. The third-order valence-electron chi connectivity index (χ3n) is 2.64.